The molecule has 8 rings (SSSR count). The Balaban J connectivity index is 1.44. The molecule has 1 atom stereocenters. The van der Waals surface area contributed by atoms with Crippen LogP contribution in [0.5, 0.6) is 0 Å². The maximum Gasteiger partial charge on any atom is 0.0781 e. The van der Waals surface area contributed by atoms with Gasteiger partial charge in [0.1, 0.15) is 0 Å². The van der Waals surface area contributed by atoms with E-state index in [1.54, 1.807) is 0 Å². The van der Waals surface area contributed by atoms with Gasteiger partial charge in [-0.3, -0.25) is 0 Å². The second-order valence-corrected chi connectivity index (χ2v) is 14.8. The van der Waals surface area contributed by atoms with Crippen LogP contribution in [0.2, 0.25) is 0 Å². The number of rotatable bonds is 10. The number of hydrogen-bond acceptors (Lipinski definition) is 1. The standard InChI is InChI=1S/C59H49N/c1-2-25-57(49-34-17-7-18-35-49)60-59(50-36-19-8-20-37-50)52-39-23-41-54(46-28-11-4-12-29-46)53(45-26-9-3-10-27-45)40-22-21-38-51(44-52)58-55(47-30-13-5-14-31-47)42-24-43-56(58)48-32-15-6-16-33-48/h3-26,28-45H,2,27H2,1H3/b22-21?,38-21+,39-23?,40-22+,41-23-,51-38?,51-44+,52-39+,52-44?,53-40?,54-41?,54-53-,57-25-,60-59-. The van der Waals surface area contributed by atoms with Crippen molar-refractivity contribution in [3.05, 3.63) is 282 Å². The number of hydrogen-bond donors (Lipinski definition) is 0. The highest BCUT2D eigenvalue weighted by molar-refractivity contribution is 6.17. The van der Waals surface area contributed by atoms with Gasteiger partial charge in [-0.25, -0.2) is 4.99 Å². The van der Waals surface area contributed by atoms with Crippen LogP contribution in [-0.4, -0.2) is 5.71 Å². The molecule has 0 bridgehead atoms. The van der Waals surface area contributed by atoms with Gasteiger partial charge in [0, 0.05) is 17.1 Å². The zero-order chi connectivity index (χ0) is 40.8. The minimum absolute atomic E-state index is 0.235. The molecule has 0 aromatic heterocycles. The normalized spacial score (nSPS) is 20.4. The lowest BCUT2D eigenvalue weighted by atomic mass is 9.84. The van der Waals surface area contributed by atoms with Crippen LogP contribution in [0.4, 0.5) is 0 Å². The van der Waals surface area contributed by atoms with Gasteiger partial charge in [0.25, 0.3) is 0 Å². The monoisotopic (exact) mass is 771 g/mol. The number of allylic oxidation sites excluding steroid dienone is 17. The van der Waals surface area contributed by atoms with E-state index in [4.69, 9.17) is 4.99 Å². The highest BCUT2D eigenvalue weighted by Gasteiger charge is 2.19. The van der Waals surface area contributed by atoms with E-state index in [9.17, 15) is 0 Å². The summed E-state index contributed by atoms with van der Waals surface area (Å²) in [4.78, 5) is 5.62. The van der Waals surface area contributed by atoms with Crippen molar-refractivity contribution in [2.24, 2.45) is 10.9 Å². The summed E-state index contributed by atoms with van der Waals surface area (Å²) in [6.07, 6.45) is 31.1. The Morgan fingerprint density at radius 3 is 1.70 bits per heavy atom. The Kier molecular flexibility index (Phi) is 13.1. The number of aliphatic imine (C=N–C) groups is 1. The van der Waals surface area contributed by atoms with Gasteiger partial charge >= 0.3 is 0 Å². The van der Waals surface area contributed by atoms with Gasteiger partial charge in [0.15, 0.2) is 0 Å². The highest BCUT2D eigenvalue weighted by Crippen LogP contribution is 2.39. The van der Waals surface area contributed by atoms with Crippen LogP contribution < -0.4 is 0 Å². The Hall–Kier alpha value is -7.35. The quantitative estimate of drug-likeness (QED) is 0.123. The maximum atomic E-state index is 5.62. The summed E-state index contributed by atoms with van der Waals surface area (Å²) in [5.74, 6) is 0.235. The van der Waals surface area contributed by atoms with Gasteiger partial charge in [0.05, 0.1) is 11.4 Å². The zero-order valence-electron chi connectivity index (χ0n) is 34.1. The van der Waals surface area contributed by atoms with E-state index in [2.05, 4.69) is 256 Å². The molecule has 2 aliphatic carbocycles. The Bertz CT molecular complexity index is 2640. The molecule has 60 heavy (non-hydrogen) atoms. The SMILES string of the molecule is CC/C=C(\N=C(C1=C/C=C\C(c2ccccc2)=C(C2C=CC=CC2)/C=C/C=C/C(c2c(-c3ccccc3)cccc2-c2ccccc2)=C\1)\c1ccccc1)c1ccccc1. The molecule has 0 saturated carbocycles. The van der Waals surface area contributed by atoms with Gasteiger partial charge < -0.3 is 0 Å². The summed E-state index contributed by atoms with van der Waals surface area (Å²) in [6, 6.07) is 60.1. The summed E-state index contributed by atoms with van der Waals surface area (Å²) >= 11 is 0. The van der Waals surface area contributed by atoms with E-state index >= 15 is 0 Å². The molecule has 0 aliphatic heterocycles. The first kappa shape index (κ1) is 39.5. The first-order chi connectivity index (χ1) is 29.8. The van der Waals surface area contributed by atoms with Crippen molar-refractivity contribution >= 4 is 22.6 Å². The molecule has 290 valence electrons. The summed E-state index contributed by atoms with van der Waals surface area (Å²) in [5.41, 5.74) is 15.5. The van der Waals surface area contributed by atoms with E-state index in [1.165, 1.54) is 27.8 Å². The molecule has 1 unspecified atom stereocenters. The van der Waals surface area contributed by atoms with Gasteiger partial charge in [-0.2, -0.15) is 0 Å². The van der Waals surface area contributed by atoms with Crippen LogP contribution in [0, 0.1) is 5.92 Å². The third-order valence-corrected chi connectivity index (χ3v) is 10.8. The average Bonchev–Trinajstić information content (AvgIpc) is 3.32. The van der Waals surface area contributed by atoms with Crippen molar-refractivity contribution in [1.82, 2.24) is 0 Å². The van der Waals surface area contributed by atoms with Crippen LogP contribution in [-0.2, 0) is 0 Å². The largest absolute Gasteiger partial charge is 0.248 e. The van der Waals surface area contributed by atoms with Crippen LogP contribution in [0.25, 0.3) is 39.1 Å². The fourth-order valence-electron chi connectivity index (χ4n) is 7.96. The van der Waals surface area contributed by atoms with Gasteiger partial charge in [-0.1, -0.05) is 250 Å². The van der Waals surface area contributed by atoms with E-state index < -0.39 is 0 Å². The first-order valence-corrected chi connectivity index (χ1v) is 21.0. The highest BCUT2D eigenvalue weighted by atomic mass is 14.8. The van der Waals surface area contributed by atoms with Gasteiger partial charge in [-0.05, 0) is 74.6 Å². The molecule has 0 saturated heterocycles. The lowest BCUT2D eigenvalue weighted by molar-refractivity contribution is 0.789. The predicted molar refractivity (Wildman–Crippen MR) is 258 cm³/mol. The van der Waals surface area contributed by atoms with Crippen molar-refractivity contribution < 1.29 is 0 Å². The molecule has 1 heteroatoms. The van der Waals surface area contributed by atoms with Crippen molar-refractivity contribution in [1.29, 1.82) is 0 Å². The minimum Gasteiger partial charge on any atom is -0.248 e. The van der Waals surface area contributed by atoms with Crippen LogP contribution >= 0.6 is 0 Å². The second-order valence-electron chi connectivity index (χ2n) is 14.8. The minimum atomic E-state index is 0.235. The third kappa shape index (κ3) is 9.50. The maximum absolute atomic E-state index is 5.62. The van der Waals surface area contributed by atoms with Crippen molar-refractivity contribution in [3.63, 3.8) is 0 Å². The van der Waals surface area contributed by atoms with Crippen molar-refractivity contribution in [3.8, 4) is 22.3 Å². The van der Waals surface area contributed by atoms with Crippen molar-refractivity contribution in [2.75, 3.05) is 0 Å². The van der Waals surface area contributed by atoms with Crippen LogP contribution in [0.3, 0.4) is 0 Å². The molecule has 0 heterocycles. The zero-order valence-corrected chi connectivity index (χ0v) is 34.1. The average molecular weight is 772 g/mol. The molecule has 2 aliphatic rings. The van der Waals surface area contributed by atoms with Crippen molar-refractivity contribution in [2.45, 2.75) is 19.8 Å². The first-order valence-electron chi connectivity index (χ1n) is 21.0. The Morgan fingerprint density at radius 2 is 1.12 bits per heavy atom. The molecular formula is C59H49N. The molecule has 0 spiro atoms. The van der Waals surface area contributed by atoms with Crippen LogP contribution in [0.1, 0.15) is 42.0 Å². The lowest BCUT2D eigenvalue weighted by Crippen LogP contribution is -2.06. The van der Waals surface area contributed by atoms with Crippen LogP contribution in [0.15, 0.2) is 265 Å². The number of nitrogens with zero attached hydrogens (tertiary/aromatic N) is 1. The topological polar surface area (TPSA) is 12.4 Å². The summed E-state index contributed by atoms with van der Waals surface area (Å²) < 4.78 is 0. The fraction of sp³-hybridized carbons (Fsp3) is 0.0678. The summed E-state index contributed by atoms with van der Waals surface area (Å²) in [6.45, 7) is 2.17. The summed E-state index contributed by atoms with van der Waals surface area (Å²) in [7, 11) is 0. The molecule has 6 aromatic rings. The molecule has 0 N–H and O–H groups in total. The molecule has 1 nitrogen and oxygen atoms in total. The second kappa shape index (κ2) is 19.9. The molecule has 0 amide bonds. The van der Waals surface area contributed by atoms with E-state index in [0.717, 1.165) is 63.2 Å². The molecular weight excluding hydrogens is 723 g/mol. The third-order valence-electron chi connectivity index (χ3n) is 10.8. The predicted octanol–water partition coefficient (Wildman–Crippen LogP) is 15.5. The smallest absolute Gasteiger partial charge is 0.0781 e. The number of benzene rings is 6. The lowest BCUT2D eigenvalue weighted by Gasteiger charge is -2.20. The molecule has 0 fully saturated rings. The fourth-order valence-corrected chi connectivity index (χ4v) is 7.96. The van der Waals surface area contributed by atoms with E-state index in [0.29, 0.717) is 0 Å². The molecule has 0 radical (unpaired) electrons. The Morgan fingerprint density at radius 1 is 0.550 bits per heavy atom. The molecule has 6 aromatic carbocycles. The van der Waals surface area contributed by atoms with E-state index in [-0.39, 0.29) is 5.92 Å². The summed E-state index contributed by atoms with van der Waals surface area (Å²) in [5, 5.41) is 0. The van der Waals surface area contributed by atoms with Gasteiger partial charge in [0.2, 0.25) is 0 Å². The van der Waals surface area contributed by atoms with E-state index in [1.807, 2.05) is 0 Å². The Labute approximate surface area is 356 Å². The van der Waals surface area contributed by atoms with Gasteiger partial charge in [-0.15, -0.1) is 0 Å².